The number of H-pyrrole nitrogens is 1. The van der Waals surface area contributed by atoms with Crippen LogP contribution in [0.4, 0.5) is 32.2 Å². The number of hydrogen-bond donors (Lipinski definition) is 4. The van der Waals surface area contributed by atoms with Crippen LogP contribution < -0.4 is 14.8 Å². The summed E-state index contributed by atoms with van der Waals surface area (Å²) in [6.07, 6.45) is -6.87. The fourth-order valence-corrected chi connectivity index (χ4v) is 3.22. The molecule has 5 rings (SSSR count). The number of benzene rings is 2. The second-order valence-corrected chi connectivity index (χ2v) is 7.87. The van der Waals surface area contributed by atoms with E-state index in [9.17, 15) is 26.3 Å². The Labute approximate surface area is 225 Å². The van der Waals surface area contributed by atoms with Gasteiger partial charge in [-0.25, -0.2) is 19.6 Å². The molecule has 0 amide bonds. The van der Waals surface area contributed by atoms with Gasteiger partial charge in [0.15, 0.2) is 23.4 Å². The molecule has 1 aliphatic heterocycles. The molecule has 3 heterocycles. The number of aromatic nitrogens is 4. The summed E-state index contributed by atoms with van der Waals surface area (Å²) in [6, 6.07) is 13.7. The monoisotopic (exact) mass is 587 g/mol. The summed E-state index contributed by atoms with van der Waals surface area (Å²) in [5.74, 6) is -2.72. The van der Waals surface area contributed by atoms with Crippen molar-refractivity contribution in [1.29, 1.82) is 0 Å². The molecule has 0 bridgehead atoms. The molecule has 4 N–H and O–H groups in total. The zero-order valence-electron chi connectivity index (χ0n) is 20.6. The van der Waals surface area contributed by atoms with Crippen LogP contribution in [-0.2, 0) is 9.59 Å². The van der Waals surface area contributed by atoms with Crippen LogP contribution in [0.5, 0.6) is 11.5 Å². The van der Waals surface area contributed by atoms with E-state index in [0.717, 1.165) is 33.6 Å². The van der Waals surface area contributed by atoms with Crippen LogP contribution >= 0.6 is 0 Å². The van der Waals surface area contributed by atoms with Gasteiger partial charge in [-0.1, -0.05) is 18.2 Å². The second kappa shape index (κ2) is 12.4. The maximum Gasteiger partial charge on any atom is 0.490 e. The second-order valence-electron chi connectivity index (χ2n) is 7.87. The number of halogens is 6. The number of carboxylic acid groups (broad SMARTS) is 2. The predicted molar refractivity (Wildman–Crippen MR) is 129 cm³/mol. The lowest BCUT2D eigenvalue weighted by Gasteiger charge is -2.25. The number of aliphatic carboxylic acids is 2. The standard InChI is InChI=1S/C20H17N5O2.2C2HF3O2/c1-21-19-14-8-12(13-9-22-23-10-13)6-7-15(14)24-20(25-19)18-11-26-16-4-2-3-5-17(16)27-18;2*3-2(4,5)1(6)7/h2-10,18H,11H2,1H3,(H,22,23)(H,21,24,25);2*(H,6,7). The van der Waals surface area contributed by atoms with Crippen molar-refractivity contribution in [2.75, 3.05) is 19.0 Å². The number of alkyl halides is 6. The Balaban J connectivity index is 0.000000276. The Bertz CT molecular complexity index is 1490. The number of ether oxygens (including phenoxy) is 2. The number of anilines is 1. The number of carbonyl (C=O) groups is 2. The van der Waals surface area contributed by atoms with Crippen LogP contribution in [0.2, 0.25) is 0 Å². The van der Waals surface area contributed by atoms with E-state index in [1.807, 2.05) is 49.6 Å². The zero-order chi connectivity index (χ0) is 30.4. The molecule has 41 heavy (non-hydrogen) atoms. The minimum absolute atomic E-state index is 0.357. The Morgan fingerprint density at radius 3 is 2.10 bits per heavy atom. The fourth-order valence-electron chi connectivity index (χ4n) is 3.22. The molecule has 1 aliphatic rings. The molecule has 2 aromatic heterocycles. The first kappa shape index (κ1) is 30.5. The summed E-state index contributed by atoms with van der Waals surface area (Å²) in [6.45, 7) is 0.374. The highest BCUT2D eigenvalue weighted by Gasteiger charge is 2.38. The van der Waals surface area contributed by atoms with Gasteiger partial charge in [0, 0.05) is 24.2 Å². The van der Waals surface area contributed by atoms with E-state index in [4.69, 9.17) is 34.3 Å². The molecule has 0 spiro atoms. The summed E-state index contributed by atoms with van der Waals surface area (Å²) < 4.78 is 75.3. The van der Waals surface area contributed by atoms with E-state index in [2.05, 4.69) is 26.6 Å². The maximum atomic E-state index is 10.6. The minimum atomic E-state index is -5.08. The van der Waals surface area contributed by atoms with E-state index in [0.29, 0.717) is 18.2 Å². The van der Waals surface area contributed by atoms with Gasteiger partial charge in [0.2, 0.25) is 0 Å². The third-order valence-corrected chi connectivity index (χ3v) is 5.06. The molecule has 0 aliphatic carbocycles. The average Bonchev–Trinajstić information content (AvgIpc) is 3.47. The largest absolute Gasteiger partial charge is 0.490 e. The van der Waals surface area contributed by atoms with Gasteiger partial charge >= 0.3 is 24.3 Å². The van der Waals surface area contributed by atoms with Crippen molar-refractivity contribution >= 4 is 28.7 Å². The topological polar surface area (TPSA) is 160 Å². The first-order valence-corrected chi connectivity index (χ1v) is 11.2. The van der Waals surface area contributed by atoms with E-state index in [1.54, 1.807) is 6.20 Å². The molecular formula is C24H19F6N5O6. The summed E-state index contributed by atoms with van der Waals surface area (Å²) in [5, 5.41) is 25.2. The lowest BCUT2D eigenvalue weighted by atomic mass is 10.1. The number of rotatable bonds is 3. The Kier molecular flexibility index (Phi) is 9.21. The normalized spacial score (nSPS) is 14.2. The molecule has 0 saturated heterocycles. The van der Waals surface area contributed by atoms with E-state index in [-0.39, 0.29) is 6.10 Å². The molecule has 1 unspecified atom stereocenters. The first-order valence-electron chi connectivity index (χ1n) is 11.2. The van der Waals surface area contributed by atoms with E-state index in [1.165, 1.54) is 0 Å². The van der Waals surface area contributed by atoms with Crippen molar-refractivity contribution in [3.63, 3.8) is 0 Å². The highest BCUT2D eigenvalue weighted by molar-refractivity contribution is 5.92. The summed E-state index contributed by atoms with van der Waals surface area (Å²) in [7, 11) is 1.85. The number of nitrogens with zero attached hydrogens (tertiary/aromatic N) is 3. The molecular weight excluding hydrogens is 568 g/mol. The third-order valence-electron chi connectivity index (χ3n) is 5.06. The fraction of sp³-hybridized carbons (Fsp3) is 0.208. The Morgan fingerprint density at radius 1 is 0.951 bits per heavy atom. The van der Waals surface area contributed by atoms with Gasteiger partial charge in [-0.15, -0.1) is 0 Å². The number of para-hydroxylation sites is 2. The summed E-state index contributed by atoms with van der Waals surface area (Å²) in [4.78, 5) is 27.2. The molecule has 0 saturated carbocycles. The molecule has 1 atom stereocenters. The van der Waals surface area contributed by atoms with Crippen LogP contribution in [-0.4, -0.2) is 68.3 Å². The minimum Gasteiger partial charge on any atom is -0.485 e. The van der Waals surface area contributed by atoms with Gasteiger partial charge in [0.05, 0.1) is 11.7 Å². The SMILES string of the molecule is CNc1nc(C2COc3ccccc3O2)nc2ccc(-c3cn[nH]c3)cc12.O=C(O)C(F)(F)F.O=C(O)C(F)(F)F. The zero-order valence-corrected chi connectivity index (χ0v) is 20.6. The highest BCUT2D eigenvalue weighted by atomic mass is 19.4. The summed E-state index contributed by atoms with van der Waals surface area (Å²) >= 11 is 0. The van der Waals surface area contributed by atoms with Gasteiger partial charge in [-0.05, 0) is 29.8 Å². The van der Waals surface area contributed by atoms with Crippen LogP contribution in [0.3, 0.4) is 0 Å². The van der Waals surface area contributed by atoms with Crippen LogP contribution in [0.1, 0.15) is 11.9 Å². The molecule has 0 fully saturated rings. The van der Waals surface area contributed by atoms with E-state index < -0.39 is 24.3 Å². The molecule has 4 aromatic rings. The predicted octanol–water partition coefficient (Wildman–Crippen LogP) is 4.84. The quantitative estimate of drug-likeness (QED) is 0.244. The molecule has 2 aromatic carbocycles. The van der Waals surface area contributed by atoms with Crippen molar-refractivity contribution in [3.8, 4) is 22.6 Å². The third kappa shape index (κ3) is 7.96. The Morgan fingerprint density at radius 2 is 1.56 bits per heavy atom. The molecule has 11 nitrogen and oxygen atoms in total. The molecule has 218 valence electrons. The van der Waals surface area contributed by atoms with Gasteiger partial charge in [0.25, 0.3) is 0 Å². The molecule has 0 radical (unpaired) electrons. The van der Waals surface area contributed by atoms with Crippen molar-refractivity contribution < 1.29 is 55.6 Å². The van der Waals surface area contributed by atoms with Gasteiger partial charge in [-0.2, -0.15) is 31.4 Å². The first-order chi connectivity index (χ1) is 19.2. The number of hydrogen-bond acceptors (Lipinski definition) is 8. The lowest BCUT2D eigenvalue weighted by molar-refractivity contribution is -0.193. The maximum absolute atomic E-state index is 10.6. The number of aromatic amines is 1. The van der Waals surface area contributed by atoms with Crippen LogP contribution in [0.25, 0.3) is 22.0 Å². The smallest absolute Gasteiger partial charge is 0.485 e. The van der Waals surface area contributed by atoms with Crippen molar-refractivity contribution in [2.24, 2.45) is 0 Å². The summed E-state index contributed by atoms with van der Waals surface area (Å²) in [5.41, 5.74) is 2.91. The van der Waals surface area contributed by atoms with Gasteiger partial charge < -0.3 is 25.0 Å². The number of fused-ring (bicyclic) bond motifs is 2. The van der Waals surface area contributed by atoms with E-state index >= 15 is 0 Å². The van der Waals surface area contributed by atoms with Crippen LogP contribution in [0, 0.1) is 0 Å². The number of carboxylic acids is 2. The number of nitrogens with one attached hydrogen (secondary N) is 2. The Hall–Kier alpha value is -5.09. The van der Waals surface area contributed by atoms with Crippen molar-refractivity contribution in [1.82, 2.24) is 20.2 Å². The van der Waals surface area contributed by atoms with Crippen molar-refractivity contribution in [3.05, 3.63) is 60.7 Å². The van der Waals surface area contributed by atoms with Crippen LogP contribution in [0.15, 0.2) is 54.9 Å². The van der Waals surface area contributed by atoms with Gasteiger partial charge in [-0.3, -0.25) is 5.10 Å². The van der Waals surface area contributed by atoms with Crippen molar-refractivity contribution in [2.45, 2.75) is 18.5 Å². The molecule has 17 heteroatoms. The highest BCUT2D eigenvalue weighted by Crippen LogP contribution is 2.36. The lowest BCUT2D eigenvalue weighted by Crippen LogP contribution is -2.23. The average molecular weight is 587 g/mol. The van der Waals surface area contributed by atoms with Gasteiger partial charge in [0.1, 0.15) is 12.4 Å².